The summed E-state index contributed by atoms with van der Waals surface area (Å²) in [5.74, 6) is 0. The van der Waals surface area contributed by atoms with Crippen molar-refractivity contribution in [2.45, 2.75) is 19.3 Å². The predicted octanol–water partition coefficient (Wildman–Crippen LogP) is 14.1. The first-order valence-electron chi connectivity index (χ1n) is 18.7. The van der Waals surface area contributed by atoms with Gasteiger partial charge in [-0.3, -0.25) is 0 Å². The van der Waals surface area contributed by atoms with Crippen LogP contribution in [0, 0.1) is 0 Å². The van der Waals surface area contributed by atoms with Gasteiger partial charge in [-0.25, -0.2) is 0 Å². The van der Waals surface area contributed by atoms with E-state index in [2.05, 4.69) is 193 Å². The summed E-state index contributed by atoms with van der Waals surface area (Å²) in [6, 6.07) is 65.9. The molecule has 1 aliphatic carbocycles. The van der Waals surface area contributed by atoms with Gasteiger partial charge in [0.15, 0.2) is 0 Å². The summed E-state index contributed by atoms with van der Waals surface area (Å²) in [7, 11) is 0. The zero-order chi connectivity index (χ0) is 36.0. The minimum absolute atomic E-state index is 0.0468. The van der Waals surface area contributed by atoms with E-state index < -0.39 is 0 Å². The highest BCUT2D eigenvalue weighted by atomic mass is 16.3. The lowest BCUT2D eigenvalue weighted by atomic mass is 9.82. The molecule has 0 amide bonds. The van der Waals surface area contributed by atoms with Crippen LogP contribution in [0.1, 0.15) is 25.0 Å². The minimum atomic E-state index is -0.0468. The van der Waals surface area contributed by atoms with Crippen LogP contribution >= 0.6 is 0 Å². The molecule has 0 radical (unpaired) electrons. The maximum absolute atomic E-state index is 6.44. The summed E-state index contributed by atoms with van der Waals surface area (Å²) in [6.45, 7) is 4.69. The molecule has 0 saturated heterocycles. The van der Waals surface area contributed by atoms with Gasteiger partial charge in [0, 0.05) is 55.8 Å². The molecule has 0 fully saturated rings. The third-order valence-corrected chi connectivity index (χ3v) is 11.6. The molecule has 8 aromatic carbocycles. The molecule has 256 valence electrons. The van der Waals surface area contributed by atoms with Crippen molar-refractivity contribution in [1.29, 1.82) is 0 Å². The number of para-hydroxylation sites is 3. The molecule has 3 heteroatoms. The summed E-state index contributed by atoms with van der Waals surface area (Å²) in [4.78, 5) is 2.36. The largest absolute Gasteiger partial charge is 0.456 e. The van der Waals surface area contributed by atoms with Crippen molar-refractivity contribution in [3.8, 4) is 27.9 Å². The van der Waals surface area contributed by atoms with Crippen molar-refractivity contribution in [2.24, 2.45) is 0 Å². The van der Waals surface area contributed by atoms with E-state index in [0.29, 0.717) is 0 Å². The second-order valence-corrected chi connectivity index (χ2v) is 14.9. The van der Waals surface area contributed by atoms with E-state index in [1.807, 2.05) is 12.1 Å². The van der Waals surface area contributed by atoms with Crippen molar-refractivity contribution < 1.29 is 4.42 Å². The van der Waals surface area contributed by atoms with Gasteiger partial charge in [0.25, 0.3) is 0 Å². The van der Waals surface area contributed by atoms with Gasteiger partial charge in [-0.2, -0.15) is 0 Å². The maximum Gasteiger partial charge on any atom is 0.137 e. The van der Waals surface area contributed by atoms with Crippen molar-refractivity contribution in [2.75, 3.05) is 4.90 Å². The Labute approximate surface area is 314 Å². The molecule has 0 spiro atoms. The van der Waals surface area contributed by atoms with Crippen LogP contribution in [-0.2, 0) is 5.41 Å². The van der Waals surface area contributed by atoms with Gasteiger partial charge in [-0.05, 0) is 94.0 Å². The zero-order valence-electron chi connectivity index (χ0n) is 30.1. The van der Waals surface area contributed by atoms with Crippen LogP contribution in [0.4, 0.5) is 17.1 Å². The lowest BCUT2D eigenvalue weighted by Crippen LogP contribution is -2.14. The summed E-state index contributed by atoms with van der Waals surface area (Å²) in [5.41, 5.74) is 16.3. The first-order chi connectivity index (χ1) is 26.5. The van der Waals surface area contributed by atoms with Crippen LogP contribution < -0.4 is 4.90 Å². The van der Waals surface area contributed by atoms with Crippen LogP contribution in [0.5, 0.6) is 0 Å². The average Bonchev–Trinajstić information content (AvgIpc) is 3.84. The zero-order valence-corrected chi connectivity index (χ0v) is 30.1. The molecule has 10 aromatic rings. The Balaban J connectivity index is 1.11. The Morgan fingerprint density at radius 3 is 1.91 bits per heavy atom. The summed E-state index contributed by atoms with van der Waals surface area (Å²) in [5, 5.41) is 4.71. The molecule has 1 aliphatic rings. The van der Waals surface area contributed by atoms with Gasteiger partial charge >= 0.3 is 0 Å². The van der Waals surface area contributed by atoms with Crippen LogP contribution in [-0.4, -0.2) is 4.57 Å². The lowest BCUT2D eigenvalue weighted by molar-refractivity contribution is 0.660. The Kier molecular flexibility index (Phi) is 6.60. The van der Waals surface area contributed by atoms with Crippen LogP contribution in [0.2, 0.25) is 0 Å². The van der Waals surface area contributed by atoms with E-state index >= 15 is 0 Å². The van der Waals surface area contributed by atoms with Crippen LogP contribution in [0.25, 0.3) is 71.7 Å². The van der Waals surface area contributed by atoms with E-state index in [9.17, 15) is 0 Å². The summed E-state index contributed by atoms with van der Waals surface area (Å²) < 4.78 is 8.82. The van der Waals surface area contributed by atoms with Crippen molar-refractivity contribution in [1.82, 2.24) is 4.57 Å². The number of nitrogens with zero attached hydrogens (tertiary/aromatic N) is 2. The van der Waals surface area contributed by atoms with Gasteiger partial charge in [0.05, 0.1) is 11.0 Å². The summed E-state index contributed by atoms with van der Waals surface area (Å²) in [6.07, 6.45) is 0. The molecule has 0 saturated carbocycles. The van der Waals surface area contributed by atoms with Crippen molar-refractivity contribution in [3.05, 3.63) is 193 Å². The van der Waals surface area contributed by atoms with E-state index in [1.165, 1.54) is 49.7 Å². The number of benzene rings is 8. The number of anilines is 3. The fourth-order valence-electron chi connectivity index (χ4n) is 9.04. The topological polar surface area (TPSA) is 21.3 Å². The quantitative estimate of drug-likeness (QED) is 0.179. The molecule has 2 heterocycles. The number of rotatable bonds is 5. The second-order valence-electron chi connectivity index (χ2n) is 14.9. The molecule has 0 bridgehead atoms. The number of furan rings is 1. The molecule has 0 aliphatic heterocycles. The molecule has 2 aromatic heterocycles. The Hall–Kier alpha value is -6.84. The van der Waals surface area contributed by atoms with Gasteiger partial charge < -0.3 is 13.9 Å². The average molecular weight is 693 g/mol. The Morgan fingerprint density at radius 2 is 1.06 bits per heavy atom. The molecule has 11 rings (SSSR count). The third-order valence-electron chi connectivity index (χ3n) is 11.6. The maximum atomic E-state index is 6.44. The van der Waals surface area contributed by atoms with Gasteiger partial charge in [-0.1, -0.05) is 129 Å². The molecule has 3 nitrogen and oxygen atoms in total. The molecular weight excluding hydrogens is 657 g/mol. The van der Waals surface area contributed by atoms with Crippen molar-refractivity contribution in [3.63, 3.8) is 0 Å². The molecule has 0 atom stereocenters. The highest BCUT2D eigenvalue weighted by Gasteiger charge is 2.36. The van der Waals surface area contributed by atoms with E-state index in [1.54, 1.807) is 0 Å². The monoisotopic (exact) mass is 692 g/mol. The van der Waals surface area contributed by atoms with Crippen LogP contribution in [0.15, 0.2) is 186 Å². The number of fused-ring (bicyclic) bond motifs is 9. The van der Waals surface area contributed by atoms with E-state index in [-0.39, 0.29) is 5.41 Å². The molecule has 54 heavy (non-hydrogen) atoms. The SMILES string of the molecule is CC1(C)c2ccccc2-c2c(-c3ccc(N(c4ccc5c(c4)oc4ccccc45)c4ccc5c6ccccc6n(-c6ccccc6)c5c4)cc3)cccc21. The number of hydrogen-bond acceptors (Lipinski definition) is 2. The van der Waals surface area contributed by atoms with E-state index in [4.69, 9.17) is 4.42 Å². The van der Waals surface area contributed by atoms with Crippen LogP contribution in [0.3, 0.4) is 0 Å². The molecule has 0 N–H and O–H groups in total. The highest BCUT2D eigenvalue weighted by molar-refractivity contribution is 6.11. The van der Waals surface area contributed by atoms with Gasteiger partial charge in [0.2, 0.25) is 0 Å². The smallest absolute Gasteiger partial charge is 0.137 e. The fraction of sp³-hybridized carbons (Fsp3) is 0.0588. The fourth-order valence-corrected chi connectivity index (χ4v) is 9.04. The standard InChI is InChI=1S/C51H36N2O/c1-51(2)44-19-9-6-17-43(44)50-38(18-12-20-45(50)51)33-23-25-35(26-24-33)52(37-28-30-42-41-16-8-11-22-48(41)54-49(42)32-37)36-27-29-40-39-15-7-10-21-46(39)53(47(40)31-36)34-13-4-3-5-14-34/h3-32H,1-2H3. The van der Waals surface area contributed by atoms with E-state index in [0.717, 1.165) is 50.2 Å². The lowest BCUT2D eigenvalue weighted by Gasteiger charge is -2.26. The number of hydrogen-bond donors (Lipinski definition) is 0. The molecular formula is C51H36N2O. The second kappa shape index (κ2) is 11.6. The predicted molar refractivity (Wildman–Crippen MR) is 226 cm³/mol. The van der Waals surface area contributed by atoms with Crippen molar-refractivity contribution >= 4 is 60.8 Å². The van der Waals surface area contributed by atoms with Gasteiger partial charge in [0.1, 0.15) is 11.2 Å². The third kappa shape index (κ3) is 4.48. The van der Waals surface area contributed by atoms with Gasteiger partial charge in [-0.15, -0.1) is 0 Å². The molecule has 0 unspecified atom stereocenters. The Morgan fingerprint density at radius 1 is 0.444 bits per heavy atom. The Bertz CT molecular complexity index is 3070. The first-order valence-corrected chi connectivity index (χ1v) is 18.7. The first kappa shape index (κ1) is 30.8. The highest BCUT2D eigenvalue weighted by Crippen LogP contribution is 2.52. The number of aromatic nitrogens is 1. The summed E-state index contributed by atoms with van der Waals surface area (Å²) >= 11 is 0. The minimum Gasteiger partial charge on any atom is -0.456 e. The normalized spacial score (nSPS) is 13.1.